The van der Waals surface area contributed by atoms with Gasteiger partial charge in [0.1, 0.15) is 0 Å². The number of piperidine rings is 1. The van der Waals surface area contributed by atoms with Crippen LogP contribution >= 0.6 is 15.9 Å². The molecule has 2 nitrogen and oxygen atoms in total. The number of fused-ring (bicyclic) bond motifs is 1. The van der Waals surface area contributed by atoms with Gasteiger partial charge in [-0.25, -0.2) is 0 Å². The fourth-order valence-corrected chi connectivity index (χ4v) is 3.89. The molecule has 2 unspecified atom stereocenters. The molecule has 2 aliphatic heterocycles. The topological polar surface area (TPSA) is 6.48 Å². The van der Waals surface area contributed by atoms with E-state index in [-0.39, 0.29) is 0 Å². The van der Waals surface area contributed by atoms with Crippen LogP contribution in [0.2, 0.25) is 0 Å². The highest BCUT2D eigenvalue weighted by atomic mass is 79.9. The van der Waals surface area contributed by atoms with Crippen LogP contribution in [0.1, 0.15) is 31.7 Å². The van der Waals surface area contributed by atoms with Crippen LogP contribution in [0.25, 0.3) is 0 Å². The molecule has 2 fully saturated rings. The van der Waals surface area contributed by atoms with E-state index in [1.807, 2.05) is 0 Å². The Morgan fingerprint density at radius 1 is 1.21 bits per heavy atom. The van der Waals surface area contributed by atoms with E-state index in [1.54, 1.807) is 0 Å². The molecule has 0 amide bonds. The zero-order valence-electron chi connectivity index (χ0n) is 11.7. The van der Waals surface area contributed by atoms with Crippen LogP contribution in [0.3, 0.4) is 0 Å². The Bertz CT molecular complexity index is 435. The minimum absolute atomic E-state index is 0.668. The van der Waals surface area contributed by atoms with E-state index < -0.39 is 0 Å². The molecule has 3 heteroatoms. The molecule has 0 aliphatic carbocycles. The molecule has 1 aromatic carbocycles. The number of nitrogens with zero attached hydrogens (tertiary/aromatic N) is 2. The maximum Gasteiger partial charge on any atom is 0.0248 e. The van der Waals surface area contributed by atoms with Crippen molar-refractivity contribution in [1.82, 2.24) is 9.80 Å². The molecule has 0 aromatic heterocycles. The summed E-state index contributed by atoms with van der Waals surface area (Å²) in [6.45, 7) is 7.25. The molecule has 3 rings (SSSR count). The molecule has 19 heavy (non-hydrogen) atoms. The van der Waals surface area contributed by atoms with Crippen molar-refractivity contribution in [2.45, 2.75) is 44.8 Å². The van der Waals surface area contributed by atoms with Crippen LogP contribution in [0.15, 0.2) is 28.7 Å². The molecule has 0 N–H and O–H groups in total. The smallest absolute Gasteiger partial charge is 0.0248 e. The van der Waals surface area contributed by atoms with Gasteiger partial charge in [-0.1, -0.05) is 40.5 Å². The number of piperazine rings is 1. The third-order valence-corrected chi connectivity index (χ3v) is 5.42. The van der Waals surface area contributed by atoms with E-state index in [0.29, 0.717) is 6.04 Å². The summed E-state index contributed by atoms with van der Waals surface area (Å²) in [6, 6.07) is 10.1. The number of benzene rings is 1. The normalized spacial score (nSPS) is 29.2. The molecular weight excluding hydrogens is 300 g/mol. The minimum Gasteiger partial charge on any atom is -0.298 e. The van der Waals surface area contributed by atoms with Gasteiger partial charge in [0.15, 0.2) is 0 Å². The van der Waals surface area contributed by atoms with E-state index in [0.717, 1.165) is 12.6 Å². The molecule has 0 radical (unpaired) electrons. The summed E-state index contributed by atoms with van der Waals surface area (Å²) in [7, 11) is 0. The van der Waals surface area contributed by atoms with Crippen LogP contribution < -0.4 is 0 Å². The minimum atomic E-state index is 0.668. The number of rotatable bonds is 2. The van der Waals surface area contributed by atoms with Crippen LogP contribution in [0.5, 0.6) is 0 Å². The average Bonchev–Trinajstić information content (AvgIpc) is 2.42. The molecule has 0 bridgehead atoms. The van der Waals surface area contributed by atoms with Gasteiger partial charge < -0.3 is 0 Å². The van der Waals surface area contributed by atoms with Gasteiger partial charge >= 0.3 is 0 Å². The summed E-state index contributed by atoms with van der Waals surface area (Å²) in [5.74, 6) is 0. The van der Waals surface area contributed by atoms with Crippen molar-refractivity contribution in [2.24, 2.45) is 0 Å². The SMILES string of the molecule is CC1CN2CCCCC2CN1Cc1ccccc1Br. The van der Waals surface area contributed by atoms with Crippen molar-refractivity contribution in [3.63, 3.8) is 0 Å². The fraction of sp³-hybridized carbons (Fsp3) is 0.625. The zero-order valence-corrected chi connectivity index (χ0v) is 13.3. The Balaban J connectivity index is 1.69. The predicted octanol–water partition coefficient (Wildman–Crippen LogP) is 3.51. The molecule has 0 saturated carbocycles. The molecular formula is C16H23BrN2. The van der Waals surface area contributed by atoms with E-state index >= 15 is 0 Å². The first-order chi connectivity index (χ1) is 9.24. The highest BCUT2D eigenvalue weighted by Crippen LogP contribution is 2.26. The number of halogens is 1. The first-order valence-corrected chi connectivity index (χ1v) is 8.25. The Hall–Kier alpha value is -0.380. The van der Waals surface area contributed by atoms with Crippen LogP contribution in [-0.2, 0) is 6.54 Å². The van der Waals surface area contributed by atoms with Crippen molar-refractivity contribution < 1.29 is 0 Å². The van der Waals surface area contributed by atoms with E-state index in [9.17, 15) is 0 Å². The lowest BCUT2D eigenvalue weighted by molar-refractivity contribution is 0.0110. The Morgan fingerprint density at radius 3 is 2.89 bits per heavy atom. The Kier molecular flexibility index (Phi) is 4.25. The molecule has 104 valence electrons. The van der Waals surface area contributed by atoms with E-state index in [4.69, 9.17) is 0 Å². The van der Waals surface area contributed by atoms with Crippen molar-refractivity contribution in [3.05, 3.63) is 34.3 Å². The van der Waals surface area contributed by atoms with Crippen molar-refractivity contribution >= 4 is 15.9 Å². The first kappa shape index (κ1) is 13.6. The highest BCUT2D eigenvalue weighted by molar-refractivity contribution is 9.10. The van der Waals surface area contributed by atoms with Gasteiger partial charge in [0.05, 0.1) is 0 Å². The zero-order chi connectivity index (χ0) is 13.2. The first-order valence-electron chi connectivity index (χ1n) is 7.45. The predicted molar refractivity (Wildman–Crippen MR) is 83.2 cm³/mol. The highest BCUT2D eigenvalue weighted by Gasteiger charge is 2.32. The van der Waals surface area contributed by atoms with Gasteiger partial charge in [-0.05, 0) is 37.9 Å². The van der Waals surface area contributed by atoms with Gasteiger partial charge in [0.2, 0.25) is 0 Å². The van der Waals surface area contributed by atoms with Gasteiger partial charge in [-0.2, -0.15) is 0 Å². The van der Waals surface area contributed by atoms with E-state index in [2.05, 4.69) is 56.9 Å². The van der Waals surface area contributed by atoms with Crippen LogP contribution in [-0.4, -0.2) is 41.5 Å². The second-order valence-electron chi connectivity index (χ2n) is 6.01. The summed E-state index contributed by atoms with van der Waals surface area (Å²) < 4.78 is 1.24. The van der Waals surface area contributed by atoms with Crippen molar-refractivity contribution in [1.29, 1.82) is 0 Å². The summed E-state index contributed by atoms with van der Waals surface area (Å²) in [5.41, 5.74) is 1.42. The maximum atomic E-state index is 3.67. The second kappa shape index (κ2) is 5.94. The Labute approximate surface area is 124 Å². The molecule has 2 atom stereocenters. The van der Waals surface area contributed by atoms with Crippen molar-refractivity contribution in [3.8, 4) is 0 Å². The van der Waals surface area contributed by atoms with Gasteiger partial charge in [0.25, 0.3) is 0 Å². The lowest BCUT2D eigenvalue weighted by atomic mass is 9.97. The third-order valence-electron chi connectivity index (χ3n) is 4.65. The maximum absolute atomic E-state index is 3.67. The van der Waals surface area contributed by atoms with Crippen molar-refractivity contribution in [2.75, 3.05) is 19.6 Å². The molecule has 2 saturated heterocycles. The standard InChI is InChI=1S/C16H23BrN2/c1-13-10-18-9-5-4-7-15(18)12-19(13)11-14-6-2-3-8-16(14)17/h2-3,6,8,13,15H,4-5,7,9-12H2,1H3. The Morgan fingerprint density at radius 2 is 2.05 bits per heavy atom. The summed E-state index contributed by atoms with van der Waals surface area (Å²) in [4.78, 5) is 5.37. The quantitative estimate of drug-likeness (QED) is 0.822. The summed E-state index contributed by atoms with van der Waals surface area (Å²) >= 11 is 3.67. The van der Waals surface area contributed by atoms with Crippen LogP contribution in [0.4, 0.5) is 0 Å². The summed E-state index contributed by atoms with van der Waals surface area (Å²) in [6.07, 6.45) is 4.20. The molecule has 1 aromatic rings. The number of hydrogen-bond acceptors (Lipinski definition) is 2. The second-order valence-corrected chi connectivity index (χ2v) is 6.87. The third kappa shape index (κ3) is 3.04. The molecule has 2 aliphatic rings. The lowest BCUT2D eigenvalue weighted by Crippen LogP contribution is -2.58. The summed E-state index contributed by atoms with van der Waals surface area (Å²) in [5, 5.41) is 0. The van der Waals surface area contributed by atoms with Gasteiger partial charge in [-0.3, -0.25) is 9.80 Å². The molecule has 0 spiro atoms. The molecule has 2 heterocycles. The fourth-order valence-electron chi connectivity index (χ4n) is 3.48. The van der Waals surface area contributed by atoms with Crippen LogP contribution in [0, 0.1) is 0 Å². The monoisotopic (exact) mass is 322 g/mol. The largest absolute Gasteiger partial charge is 0.298 e. The van der Waals surface area contributed by atoms with Gasteiger partial charge in [0, 0.05) is 36.2 Å². The average molecular weight is 323 g/mol. The number of hydrogen-bond donors (Lipinski definition) is 0. The van der Waals surface area contributed by atoms with Gasteiger partial charge in [-0.15, -0.1) is 0 Å². The van der Waals surface area contributed by atoms with E-state index in [1.165, 1.54) is 48.9 Å². The lowest BCUT2D eigenvalue weighted by Gasteiger charge is -2.47.